The van der Waals surface area contributed by atoms with Gasteiger partial charge in [0, 0.05) is 6.54 Å². The summed E-state index contributed by atoms with van der Waals surface area (Å²) in [5, 5.41) is 0. The van der Waals surface area contributed by atoms with Crippen molar-refractivity contribution in [3.05, 3.63) is 100 Å². The standard InChI is InChI=1S/C30H32N4O3/c31-29(36)24-14-16-27(25(28(35)30(32)37)19-22-7-3-1-4-8-22)33-26(24)15-13-21-9-11-23(12-10-21)20-34-17-5-2-6-18-34/h1,3-4,7-16,25H,2,5-6,17-20H2,(H2,31,36)(H2,32,37)/b15-13+. The van der Waals surface area contributed by atoms with E-state index in [1.54, 1.807) is 18.2 Å². The summed E-state index contributed by atoms with van der Waals surface area (Å²) in [5.74, 6) is -3.26. The lowest BCUT2D eigenvalue weighted by Gasteiger charge is -2.26. The number of rotatable bonds is 10. The van der Waals surface area contributed by atoms with Crippen molar-refractivity contribution < 1.29 is 14.4 Å². The van der Waals surface area contributed by atoms with E-state index in [2.05, 4.69) is 22.0 Å². The van der Waals surface area contributed by atoms with E-state index in [-0.39, 0.29) is 12.0 Å². The fraction of sp³-hybridized carbons (Fsp3) is 0.267. The number of pyridine rings is 1. The number of hydrogen-bond donors (Lipinski definition) is 2. The van der Waals surface area contributed by atoms with Crippen LogP contribution in [0.5, 0.6) is 0 Å². The highest BCUT2D eigenvalue weighted by Gasteiger charge is 2.27. The molecule has 7 nitrogen and oxygen atoms in total. The molecular formula is C30H32N4O3. The number of carbonyl (C=O) groups is 3. The van der Waals surface area contributed by atoms with Crippen molar-refractivity contribution in [2.75, 3.05) is 13.1 Å². The quantitative estimate of drug-likeness (QED) is 0.415. The van der Waals surface area contributed by atoms with Crippen LogP contribution in [0, 0.1) is 0 Å². The van der Waals surface area contributed by atoms with Gasteiger partial charge in [-0.15, -0.1) is 0 Å². The molecule has 2 heterocycles. The van der Waals surface area contributed by atoms with Crippen LogP contribution >= 0.6 is 0 Å². The lowest BCUT2D eigenvalue weighted by Crippen LogP contribution is -2.30. The van der Waals surface area contributed by atoms with Gasteiger partial charge in [-0.3, -0.25) is 24.3 Å². The number of ketones is 1. The number of amides is 2. The van der Waals surface area contributed by atoms with E-state index in [1.807, 2.05) is 48.5 Å². The molecule has 1 saturated heterocycles. The van der Waals surface area contributed by atoms with Crippen LogP contribution in [-0.4, -0.2) is 40.6 Å². The van der Waals surface area contributed by atoms with Crippen LogP contribution in [0.2, 0.25) is 0 Å². The van der Waals surface area contributed by atoms with Gasteiger partial charge in [0.2, 0.25) is 5.78 Å². The molecule has 4 rings (SSSR count). The monoisotopic (exact) mass is 496 g/mol. The highest BCUT2D eigenvalue weighted by Crippen LogP contribution is 2.23. The molecule has 1 aliphatic heterocycles. The minimum atomic E-state index is -1.02. The Labute approximate surface area is 217 Å². The molecule has 0 aliphatic carbocycles. The molecule has 2 amide bonds. The number of primary amides is 2. The number of nitrogens with zero attached hydrogens (tertiary/aromatic N) is 2. The van der Waals surface area contributed by atoms with E-state index in [0.29, 0.717) is 11.4 Å². The van der Waals surface area contributed by atoms with Crippen LogP contribution in [0.3, 0.4) is 0 Å². The summed E-state index contributed by atoms with van der Waals surface area (Å²) >= 11 is 0. The fourth-order valence-electron chi connectivity index (χ4n) is 4.66. The first-order valence-electron chi connectivity index (χ1n) is 12.6. The third-order valence-electron chi connectivity index (χ3n) is 6.68. The van der Waals surface area contributed by atoms with Crippen LogP contribution in [0.1, 0.15) is 63.6 Å². The summed E-state index contributed by atoms with van der Waals surface area (Å²) in [6.45, 7) is 3.22. The molecule has 7 heteroatoms. The first kappa shape index (κ1) is 26.0. The van der Waals surface area contributed by atoms with Crippen LogP contribution in [0.15, 0.2) is 66.7 Å². The minimum Gasteiger partial charge on any atom is -0.366 e. The molecule has 1 aromatic heterocycles. The topological polar surface area (TPSA) is 119 Å². The Balaban J connectivity index is 1.58. The molecule has 0 spiro atoms. The SMILES string of the molecule is NC(=O)C(=O)C(Cc1ccccc1)c1ccc(C(N)=O)c(/C=C/c2ccc(CN3CCCCC3)cc2)n1. The lowest BCUT2D eigenvalue weighted by atomic mass is 9.90. The smallest absolute Gasteiger partial charge is 0.285 e. The van der Waals surface area contributed by atoms with Gasteiger partial charge in [0.15, 0.2) is 0 Å². The zero-order chi connectivity index (χ0) is 26.2. The Bertz CT molecular complexity index is 1280. The van der Waals surface area contributed by atoms with E-state index >= 15 is 0 Å². The van der Waals surface area contributed by atoms with E-state index in [0.717, 1.165) is 30.8 Å². The van der Waals surface area contributed by atoms with Crippen LogP contribution < -0.4 is 11.5 Å². The second-order valence-corrected chi connectivity index (χ2v) is 9.42. The van der Waals surface area contributed by atoms with Gasteiger partial charge in [0.25, 0.3) is 11.8 Å². The Morgan fingerprint density at radius 1 is 0.838 bits per heavy atom. The predicted molar refractivity (Wildman–Crippen MR) is 144 cm³/mol. The maximum absolute atomic E-state index is 12.7. The van der Waals surface area contributed by atoms with E-state index in [1.165, 1.54) is 24.8 Å². The minimum absolute atomic E-state index is 0.228. The van der Waals surface area contributed by atoms with E-state index in [4.69, 9.17) is 11.5 Å². The average Bonchev–Trinajstić information content (AvgIpc) is 2.92. The zero-order valence-corrected chi connectivity index (χ0v) is 20.8. The molecule has 37 heavy (non-hydrogen) atoms. The van der Waals surface area contributed by atoms with Crippen molar-refractivity contribution in [3.8, 4) is 0 Å². The predicted octanol–water partition coefficient (Wildman–Crippen LogP) is 3.72. The lowest BCUT2D eigenvalue weighted by molar-refractivity contribution is -0.136. The number of Topliss-reactive ketones (excluding diaryl/α,β-unsaturated/α-hetero) is 1. The second-order valence-electron chi connectivity index (χ2n) is 9.42. The van der Waals surface area contributed by atoms with Gasteiger partial charge >= 0.3 is 0 Å². The Morgan fingerprint density at radius 3 is 2.19 bits per heavy atom. The first-order valence-corrected chi connectivity index (χ1v) is 12.6. The number of carbonyl (C=O) groups excluding carboxylic acids is 3. The highest BCUT2D eigenvalue weighted by molar-refractivity contribution is 6.37. The molecule has 2 aromatic carbocycles. The largest absolute Gasteiger partial charge is 0.366 e. The van der Waals surface area contributed by atoms with Crippen molar-refractivity contribution >= 4 is 29.7 Å². The molecule has 190 valence electrons. The summed E-state index contributed by atoms with van der Waals surface area (Å²) in [5.41, 5.74) is 14.9. The summed E-state index contributed by atoms with van der Waals surface area (Å²) in [6.07, 6.45) is 7.64. The van der Waals surface area contributed by atoms with Crippen LogP contribution in [0.4, 0.5) is 0 Å². The second kappa shape index (κ2) is 12.2. The number of hydrogen-bond acceptors (Lipinski definition) is 5. The molecule has 3 aromatic rings. The average molecular weight is 497 g/mol. The fourth-order valence-corrected chi connectivity index (χ4v) is 4.66. The number of benzene rings is 2. The van der Waals surface area contributed by atoms with Crippen molar-refractivity contribution in [3.63, 3.8) is 0 Å². The van der Waals surface area contributed by atoms with Crippen molar-refractivity contribution in [2.24, 2.45) is 11.5 Å². The Kier molecular flexibility index (Phi) is 8.59. The van der Waals surface area contributed by atoms with Crippen LogP contribution in [0.25, 0.3) is 12.2 Å². The maximum atomic E-state index is 12.7. The zero-order valence-electron chi connectivity index (χ0n) is 20.8. The number of piperidine rings is 1. The van der Waals surface area contributed by atoms with Gasteiger partial charge in [-0.25, -0.2) is 0 Å². The third kappa shape index (κ3) is 6.98. The molecule has 1 aliphatic rings. The Morgan fingerprint density at radius 2 is 1.54 bits per heavy atom. The summed E-state index contributed by atoms with van der Waals surface area (Å²) in [7, 11) is 0. The summed E-state index contributed by atoms with van der Waals surface area (Å²) in [6, 6.07) is 20.7. The maximum Gasteiger partial charge on any atom is 0.285 e. The molecule has 0 radical (unpaired) electrons. The summed E-state index contributed by atoms with van der Waals surface area (Å²) < 4.78 is 0. The van der Waals surface area contributed by atoms with Crippen molar-refractivity contribution in [1.82, 2.24) is 9.88 Å². The van der Waals surface area contributed by atoms with Gasteiger partial charge in [-0.1, -0.05) is 67.1 Å². The summed E-state index contributed by atoms with van der Waals surface area (Å²) in [4.78, 5) is 43.6. The van der Waals surface area contributed by atoms with E-state index in [9.17, 15) is 14.4 Å². The van der Waals surface area contributed by atoms with Gasteiger partial charge in [-0.2, -0.15) is 0 Å². The third-order valence-corrected chi connectivity index (χ3v) is 6.68. The molecule has 1 atom stereocenters. The number of likely N-dealkylation sites (tertiary alicyclic amines) is 1. The molecule has 0 bridgehead atoms. The molecular weight excluding hydrogens is 464 g/mol. The number of nitrogens with two attached hydrogens (primary N) is 2. The van der Waals surface area contributed by atoms with Crippen molar-refractivity contribution in [2.45, 2.75) is 38.1 Å². The molecule has 1 unspecified atom stereocenters. The van der Waals surface area contributed by atoms with Gasteiger partial charge in [0.1, 0.15) is 0 Å². The van der Waals surface area contributed by atoms with Crippen LogP contribution in [-0.2, 0) is 22.6 Å². The molecule has 0 saturated carbocycles. The van der Waals surface area contributed by atoms with Gasteiger partial charge in [-0.05, 0) is 67.3 Å². The molecule has 4 N–H and O–H groups in total. The highest BCUT2D eigenvalue weighted by atomic mass is 16.2. The van der Waals surface area contributed by atoms with E-state index < -0.39 is 23.5 Å². The first-order chi connectivity index (χ1) is 17.9. The van der Waals surface area contributed by atoms with Crippen molar-refractivity contribution in [1.29, 1.82) is 0 Å². The Hall–Kier alpha value is -4.10. The van der Waals surface area contributed by atoms with Gasteiger partial charge < -0.3 is 11.5 Å². The van der Waals surface area contributed by atoms with Gasteiger partial charge in [0.05, 0.1) is 22.9 Å². The molecule has 1 fully saturated rings. The normalized spacial score (nSPS) is 14.9. The number of aromatic nitrogens is 1.